The van der Waals surface area contributed by atoms with Crippen LogP contribution in [0.25, 0.3) is 0 Å². The van der Waals surface area contributed by atoms with Gasteiger partial charge in [0, 0.05) is 18.6 Å². The summed E-state index contributed by atoms with van der Waals surface area (Å²) in [5.74, 6) is -0.455. The third kappa shape index (κ3) is 2.50. The Kier molecular flexibility index (Phi) is 3.69. The average molecular weight is 312 g/mol. The standard InChI is InChI=1S/C14H14F2N2O4/c15-12(16)22-10-4-2-1-3-9(10)7-18-11(19)14(17-13(18)20)5-6-21-8-14/h1-4,12H,5-8H2,(H,17,20). The second-order valence-corrected chi connectivity index (χ2v) is 5.19. The van der Waals surface area contributed by atoms with Crippen LogP contribution >= 0.6 is 0 Å². The molecule has 2 heterocycles. The molecule has 6 nitrogen and oxygen atoms in total. The smallest absolute Gasteiger partial charge is 0.387 e. The molecule has 1 aromatic carbocycles. The lowest BCUT2D eigenvalue weighted by Gasteiger charge is -2.19. The molecule has 1 unspecified atom stereocenters. The Balaban J connectivity index is 1.81. The molecule has 8 heteroatoms. The molecule has 118 valence electrons. The van der Waals surface area contributed by atoms with Gasteiger partial charge in [-0.1, -0.05) is 18.2 Å². The third-order valence-electron chi connectivity index (χ3n) is 3.78. The number of rotatable bonds is 4. The van der Waals surface area contributed by atoms with Gasteiger partial charge in [0.1, 0.15) is 11.3 Å². The Morgan fingerprint density at radius 1 is 1.36 bits per heavy atom. The minimum Gasteiger partial charge on any atom is -0.434 e. The maximum Gasteiger partial charge on any atom is 0.387 e. The predicted molar refractivity (Wildman–Crippen MR) is 70.3 cm³/mol. The van der Waals surface area contributed by atoms with Crippen molar-refractivity contribution in [2.24, 2.45) is 0 Å². The van der Waals surface area contributed by atoms with Gasteiger partial charge in [0.05, 0.1) is 13.2 Å². The summed E-state index contributed by atoms with van der Waals surface area (Å²) in [7, 11) is 0. The molecule has 1 spiro atoms. The molecular formula is C14H14F2N2O4. The number of para-hydroxylation sites is 1. The fraction of sp³-hybridized carbons (Fsp3) is 0.429. The van der Waals surface area contributed by atoms with E-state index in [1.807, 2.05) is 0 Å². The summed E-state index contributed by atoms with van der Waals surface area (Å²) in [6, 6.07) is 5.52. The van der Waals surface area contributed by atoms with Gasteiger partial charge in [-0.25, -0.2) is 4.79 Å². The number of nitrogens with one attached hydrogen (secondary N) is 1. The molecular weight excluding hydrogens is 298 g/mol. The first-order valence-electron chi connectivity index (χ1n) is 6.76. The average Bonchev–Trinajstić information content (AvgIpc) is 3.02. The molecule has 2 aliphatic rings. The quantitative estimate of drug-likeness (QED) is 0.856. The number of carbonyl (C=O) groups excluding carboxylic acids is 2. The van der Waals surface area contributed by atoms with E-state index in [0.717, 1.165) is 4.90 Å². The third-order valence-corrected chi connectivity index (χ3v) is 3.78. The highest BCUT2D eigenvalue weighted by atomic mass is 19.3. The summed E-state index contributed by atoms with van der Waals surface area (Å²) >= 11 is 0. The zero-order valence-corrected chi connectivity index (χ0v) is 11.6. The molecule has 3 rings (SSSR count). The molecule has 0 radical (unpaired) electrons. The molecule has 0 aromatic heterocycles. The first-order chi connectivity index (χ1) is 10.5. The van der Waals surface area contributed by atoms with Crippen molar-refractivity contribution >= 4 is 11.9 Å². The van der Waals surface area contributed by atoms with Crippen LogP contribution in [0.4, 0.5) is 13.6 Å². The number of nitrogens with zero attached hydrogens (tertiary/aromatic N) is 1. The van der Waals surface area contributed by atoms with Crippen LogP contribution in [0.2, 0.25) is 0 Å². The van der Waals surface area contributed by atoms with Gasteiger partial charge >= 0.3 is 12.6 Å². The first-order valence-corrected chi connectivity index (χ1v) is 6.76. The van der Waals surface area contributed by atoms with Gasteiger partial charge in [-0.05, 0) is 6.07 Å². The van der Waals surface area contributed by atoms with Crippen LogP contribution in [0.5, 0.6) is 5.75 Å². The van der Waals surface area contributed by atoms with E-state index in [-0.39, 0.29) is 18.9 Å². The number of amides is 3. The Bertz CT molecular complexity index is 602. The van der Waals surface area contributed by atoms with Gasteiger partial charge in [0.2, 0.25) is 0 Å². The van der Waals surface area contributed by atoms with Crippen LogP contribution in [0.15, 0.2) is 24.3 Å². The van der Waals surface area contributed by atoms with Gasteiger partial charge < -0.3 is 14.8 Å². The zero-order valence-electron chi connectivity index (χ0n) is 11.6. The highest BCUT2D eigenvalue weighted by molar-refractivity contribution is 6.07. The fourth-order valence-electron chi connectivity index (χ4n) is 2.67. The molecule has 1 aromatic rings. The summed E-state index contributed by atoms with van der Waals surface area (Å²) in [5, 5.41) is 2.63. The highest BCUT2D eigenvalue weighted by Crippen LogP contribution is 2.30. The molecule has 0 aliphatic carbocycles. The number of ether oxygens (including phenoxy) is 2. The van der Waals surface area contributed by atoms with Gasteiger partial charge in [-0.3, -0.25) is 9.69 Å². The van der Waals surface area contributed by atoms with E-state index < -0.39 is 24.1 Å². The molecule has 0 bridgehead atoms. The highest BCUT2D eigenvalue weighted by Gasteiger charge is 2.53. The molecule has 0 saturated carbocycles. The number of halogens is 2. The largest absolute Gasteiger partial charge is 0.434 e. The molecule has 22 heavy (non-hydrogen) atoms. The Labute approximate surface area is 125 Å². The second kappa shape index (κ2) is 5.53. The number of imide groups is 1. The van der Waals surface area contributed by atoms with Crippen LogP contribution in [0, 0.1) is 0 Å². The van der Waals surface area contributed by atoms with Crippen molar-refractivity contribution in [3.63, 3.8) is 0 Å². The minimum absolute atomic E-state index is 0.0540. The van der Waals surface area contributed by atoms with Gasteiger partial charge in [0.15, 0.2) is 0 Å². The minimum atomic E-state index is -2.97. The lowest BCUT2D eigenvalue weighted by molar-refractivity contribution is -0.131. The molecule has 2 aliphatic heterocycles. The van der Waals surface area contributed by atoms with Crippen molar-refractivity contribution in [1.82, 2.24) is 10.2 Å². The second-order valence-electron chi connectivity index (χ2n) is 5.19. The van der Waals surface area contributed by atoms with Crippen molar-refractivity contribution < 1.29 is 27.8 Å². The lowest BCUT2D eigenvalue weighted by Crippen LogP contribution is -2.47. The number of alkyl halides is 2. The van der Waals surface area contributed by atoms with Crippen molar-refractivity contribution in [1.29, 1.82) is 0 Å². The van der Waals surface area contributed by atoms with Gasteiger partial charge in [0.25, 0.3) is 5.91 Å². The monoisotopic (exact) mass is 312 g/mol. The number of carbonyl (C=O) groups is 2. The van der Waals surface area contributed by atoms with Crippen LogP contribution in [-0.4, -0.2) is 42.2 Å². The van der Waals surface area contributed by atoms with Gasteiger partial charge in [-0.15, -0.1) is 0 Å². The SMILES string of the molecule is O=C1NC2(CCOC2)C(=O)N1Cc1ccccc1OC(F)F. The Morgan fingerprint density at radius 3 is 2.82 bits per heavy atom. The van der Waals surface area contributed by atoms with E-state index in [2.05, 4.69) is 10.1 Å². The summed E-state index contributed by atoms with van der Waals surface area (Å²) in [6.45, 7) is -2.58. The van der Waals surface area contributed by atoms with E-state index in [4.69, 9.17) is 4.74 Å². The summed E-state index contributed by atoms with van der Waals surface area (Å²) in [5.41, 5.74) is -0.683. The zero-order chi connectivity index (χ0) is 15.7. The maximum atomic E-state index is 12.5. The van der Waals surface area contributed by atoms with Crippen LogP contribution < -0.4 is 10.1 Å². The molecule has 1 atom stereocenters. The predicted octanol–water partition coefficient (Wildman–Crippen LogP) is 1.50. The normalized spacial score (nSPS) is 24.4. The number of hydrogen-bond donors (Lipinski definition) is 1. The van der Waals surface area contributed by atoms with Crippen molar-refractivity contribution in [3.8, 4) is 5.75 Å². The van der Waals surface area contributed by atoms with E-state index >= 15 is 0 Å². The summed E-state index contributed by atoms with van der Waals surface area (Å²) in [6.07, 6.45) is 0.406. The van der Waals surface area contributed by atoms with Crippen LogP contribution in [-0.2, 0) is 16.1 Å². The number of hydrogen-bond acceptors (Lipinski definition) is 4. The van der Waals surface area contributed by atoms with Crippen molar-refractivity contribution in [2.75, 3.05) is 13.2 Å². The Hall–Kier alpha value is -2.22. The van der Waals surface area contributed by atoms with E-state index in [1.165, 1.54) is 12.1 Å². The van der Waals surface area contributed by atoms with Gasteiger partial charge in [-0.2, -0.15) is 8.78 Å². The molecule has 1 N–H and O–H groups in total. The molecule has 2 fully saturated rings. The van der Waals surface area contributed by atoms with E-state index in [9.17, 15) is 18.4 Å². The van der Waals surface area contributed by atoms with Crippen molar-refractivity contribution in [3.05, 3.63) is 29.8 Å². The van der Waals surface area contributed by atoms with Crippen molar-refractivity contribution in [2.45, 2.75) is 25.1 Å². The van der Waals surface area contributed by atoms with E-state index in [1.54, 1.807) is 12.1 Å². The van der Waals surface area contributed by atoms with Crippen LogP contribution in [0.1, 0.15) is 12.0 Å². The molecule has 3 amide bonds. The molecule has 2 saturated heterocycles. The lowest BCUT2D eigenvalue weighted by atomic mass is 9.99. The summed E-state index contributed by atoms with van der Waals surface area (Å²) in [4.78, 5) is 25.5. The summed E-state index contributed by atoms with van der Waals surface area (Å²) < 4.78 is 34.4. The maximum absolute atomic E-state index is 12.5. The fourth-order valence-corrected chi connectivity index (χ4v) is 2.67. The van der Waals surface area contributed by atoms with E-state index in [0.29, 0.717) is 18.6 Å². The number of urea groups is 1. The topological polar surface area (TPSA) is 67.9 Å². The number of benzene rings is 1. The van der Waals surface area contributed by atoms with Crippen LogP contribution in [0.3, 0.4) is 0 Å². The Morgan fingerprint density at radius 2 is 2.14 bits per heavy atom. The first kappa shape index (κ1) is 14.7.